The van der Waals surface area contributed by atoms with Gasteiger partial charge >= 0.3 is 0 Å². The average molecular weight is 719 g/mol. The molecule has 1 heterocycles. The maximum absolute atomic E-state index is 9.86. The molecule has 1 aliphatic heterocycles. The van der Waals surface area contributed by atoms with Crippen molar-refractivity contribution in [3.63, 3.8) is 0 Å². The van der Waals surface area contributed by atoms with Gasteiger partial charge < -0.3 is 19.7 Å². The van der Waals surface area contributed by atoms with Crippen LogP contribution in [-0.2, 0) is 22.0 Å². The van der Waals surface area contributed by atoms with Crippen LogP contribution in [-0.4, -0.2) is 50.1 Å². The van der Waals surface area contributed by atoms with E-state index in [-0.39, 0.29) is 17.9 Å². The van der Waals surface area contributed by atoms with Crippen LogP contribution < -0.4 is 10.2 Å². The number of aliphatic hydroxyl groups excluding tert-OH is 2. The summed E-state index contributed by atoms with van der Waals surface area (Å²) in [5.74, 6) is 1.06. The third-order valence-electron chi connectivity index (χ3n) is 11.3. The number of ether oxygens (including phenoxy) is 2. The van der Waals surface area contributed by atoms with Gasteiger partial charge in [0.1, 0.15) is 20.2 Å². The Labute approximate surface area is 323 Å². The monoisotopic (exact) mass is 719 g/mol. The molecule has 0 amide bonds. The normalized spacial score (nSPS) is 15.9. The van der Waals surface area contributed by atoms with E-state index in [4.69, 9.17) is 17.3 Å². The summed E-state index contributed by atoms with van der Waals surface area (Å²) in [6, 6.07) is 26.5. The van der Waals surface area contributed by atoms with Crippen LogP contribution in [0.3, 0.4) is 0 Å². The standard InChI is InChI=1S/C42H53BO3.C4H8O.C2H6/c1-10-37(45)26-46-38-18-16-33(17-19-38)41(7,8)32-12-14-34(15-13-32)42(9,36-21-28(3)31(6)40(43)24-36)35-22-29(4)39(30(5)23-35)20-11-27(2)25-44;1-2-4-3-5-4;1-2/h12-19,21-24,27,37,44-45H,10-11,20,25-26H2,1-9H3;4H,2-3H2,1H3;1-2H3. The largest absolute Gasteiger partial charge is 0.491 e. The molecule has 1 saturated heterocycles. The Kier molecular flexibility index (Phi) is 16.5. The predicted octanol–water partition coefficient (Wildman–Crippen LogP) is 9.93. The highest BCUT2D eigenvalue weighted by Gasteiger charge is 2.34. The van der Waals surface area contributed by atoms with Crippen LogP contribution >= 0.6 is 0 Å². The predicted molar refractivity (Wildman–Crippen MR) is 226 cm³/mol. The molecule has 4 unspecified atom stereocenters. The van der Waals surface area contributed by atoms with E-state index in [9.17, 15) is 10.2 Å². The summed E-state index contributed by atoms with van der Waals surface area (Å²) in [6.45, 7) is 27.2. The first-order chi connectivity index (χ1) is 25.1. The van der Waals surface area contributed by atoms with Gasteiger partial charge in [0.25, 0.3) is 0 Å². The molecular formula is C48H67BO4. The van der Waals surface area contributed by atoms with Crippen LogP contribution in [0.25, 0.3) is 0 Å². The smallest absolute Gasteiger partial charge is 0.119 e. The summed E-state index contributed by atoms with van der Waals surface area (Å²) >= 11 is 0. The Bertz CT molecular complexity index is 1680. The van der Waals surface area contributed by atoms with Crippen molar-refractivity contribution < 1.29 is 19.7 Å². The van der Waals surface area contributed by atoms with Crippen LogP contribution in [0.15, 0.2) is 72.8 Å². The van der Waals surface area contributed by atoms with Gasteiger partial charge in [-0.15, -0.1) is 0 Å². The molecule has 2 radical (unpaired) electrons. The van der Waals surface area contributed by atoms with Crippen LogP contribution in [0.4, 0.5) is 0 Å². The average Bonchev–Trinajstić information content (AvgIpc) is 4.01. The molecule has 0 saturated carbocycles. The van der Waals surface area contributed by atoms with Crippen molar-refractivity contribution in [2.45, 2.75) is 132 Å². The molecule has 4 nitrogen and oxygen atoms in total. The molecule has 53 heavy (non-hydrogen) atoms. The van der Waals surface area contributed by atoms with Gasteiger partial charge in [0, 0.05) is 17.4 Å². The first-order valence-electron chi connectivity index (χ1n) is 19.9. The molecule has 2 N–H and O–H groups in total. The van der Waals surface area contributed by atoms with E-state index in [1.54, 1.807) is 0 Å². The fourth-order valence-corrected chi connectivity index (χ4v) is 6.80. The highest BCUT2D eigenvalue weighted by molar-refractivity contribution is 6.33. The Hall–Kier alpha value is -3.38. The lowest BCUT2D eigenvalue weighted by molar-refractivity contribution is 0.104. The highest BCUT2D eigenvalue weighted by Crippen LogP contribution is 2.42. The van der Waals surface area contributed by atoms with Gasteiger partial charge in [-0.05, 0) is 128 Å². The molecule has 0 aliphatic carbocycles. The van der Waals surface area contributed by atoms with Gasteiger partial charge in [-0.1, -0.05) is 120 Å². The Morgan fingerprint density at radius 2 is 1.28 bits per heavy atom. The lowest BCUT2D eigenvalue weighted by atomic mass is 9.67. The van der Waals surface area contributed by atoms with Crippen LogP contribution in [0, 0.1) is 33.6 Å². The molecule has 4 aromatic rings. The summed E-state index contributed by atoms with van der Waals surface area (Å²) in [4.78, 5) is 0. The van der Waals surface area contributed by atoms with Crippen LogP contribution in [0.2, 0.25) is 0 Å². The van der Waals surface area contributed by atoms with E-state index in [0.29, 0.717) is 19.1 Å². The van der Waals surface area contributed by atoms with Gasteiger partial charge in [0.2, 0.25) is 0 Å². The Morgan fingerprint density at radius 3 is 1.74 bits per heavy atom. The minimum atomic E-state index is -0.452. The topological polar surface area (TPSA) is 62.2 Å². The lowest BCUT2D eigenvalue weighted by Crippen LogP contribution is -2.28. The first kappa shape index (κ1) is 44.0. The summed E-state index contributed by atoms with van der Waals surface area (Å²) in [7, 11) is 6.59. The number of epoxide rings is 1. The summed E-state index contributed by atoms with van der Waals surface area (Å²) in [5, 5.41) is 19.4. The Balaban J connectivity index is 0.000000980. The van der Waals surface area contributed by atoms with Crippen molar-refractivity contribution in [3.8, 4) is 5.75 Å². The van der Waals surface area contributed by atoms with Crippen molar-refractivity contribution in [2.24, 2.45) is 5.92 Å². The van der Waals surface area contributed by atoms with Crippen molar-refractivity contribution >= 4 is 13.3 Å². The maximum atomic E-state index is 9.86. The Morgan fingerprint density at radius 1 is 0.792 bits per heavy atom. The first-order valence-corrected chi connectivity index (χ1v) is 19.9. The van der Waals surface area contributed by atoms with E-state index in [2.05, 4.69) is 123 Å². The van der Waals surface area contributed by atoms with E-state index in [1.807, 2.05) is 32.9 Å². The third-order valence-corrected chi connectivity index (χ3v) is 11.3. The molecule has 1 aliphatic rings. The molecule has 1 fully saturated rings. The zero-order valence-electron chi connectivity index (χ0n) is 34.9. The van der Waals surface area contributed by atoms with Gasteiger partial charge in [-0.2, -0.15) is 0 Å². The van der Waals surface area contributed by atoms with Gasteiger partial charge in [0.15, 0.2) is 0 Å². The van der Waals surface area contributed by atoms with Crippen LogP contribution in [0.5, 0.6) is 5.75 Å². The quantitative estimate of drug-likeness (QED) is 0.0775. The number of hydrogen-bond donors (Lipinski definition) is 2. The zero-order chi connectivity index (χ0) is 39.5. The molecule has 4 atom stereocenters. The molecule has 0 spiro atoms. The molecular weight excluding hydrogens is 651 g/mol. The minimum absolute atomic E-state index is 0.220. The highest BCUT2D eigenvalue weighted by atomic mass is 16.6. The second-order valence-electron chi connectivity index (χ2n) is 15.5. The van der Waals surface area contributed by atoms with Gasteiger partial charge in [-0.3, -0.25) is 0 Å². The van der Waals surface area contributed by atoms with E-state index >= 15 is 0 Å². The van der Waals surface area contributed by atoms with Crippen molar-refractivity contribution in [1.82, 2.24) is 0 Å². The fourth-order valence-electron chi connectivity index (χ4n) is 6.80. The minimum Gasteiger partial charge on any atom is -0.491 e. The summed E-state index contributed by atoms with van der Waals surface area (Å²) in [5.41, 5.74) is 12.5. The number of rotatable bonds is 14. The van der Waals surface area contributed by atoms with E-state index in [0.717, 1.165) is 36.2 Å². The maximum Gasteiger partial charge on any atom is 0.119 e. The molecule has 0 bridgehead atoms. The van der Waals surface area contributed by atoms with E-state index in [1.165, 1.54) is 56.5 Å². The molecule has 5 rings (SSSR count). The number of aryl methyl sites for hydroxylation is 3. The molecule has 286 valence electrons. The SMILES string of the molecule is CC.CCC1CO1.[B]c1cc(C(C)(c2ccc(C(C)(C)c3ccc(OCC(O)CC)cc3)cc2)c2cc(C)c(CCC(C)CO)c(C)c2)cc(C)c1C. The molecule has 5 heteroatoms. The number of aliphatic hydroxyl groups is 2. The van der Waals surface area contributed by atoms with Crippen molar-refractivity contribution in [3.05, 3.63) is 128 Å². The zero-order valence-corrected chi connectivity index (χ0v) is 34.9. The summed E-state index contributed by atoms with van der Waals surface area (Å²) < 4.78 is 10.6. The second kappa shape index (κ2) is 19.8. The van der Waals surface area contributed by atoms with Crippen molar-refractivity contribution in [2.75, 3.05) is 19.8 Å². The van der Waals surface area contributed by atoms with Gasteiger partial charge in [0.05, 0.1) is 18.8 Å². The van der Waals surface area contributed by atoms with E-state index < -0.39 is 11.5 Å². The third kappa shape index (κ3) is 11.1. The van der Waals surface area contributed by atoms with Gasteiger partial charge in [-0.25, -0.2) is 0 Å². The molecule has 4 aromatic carbocycles. The molecule has 0 aromatic heterocycles. The number of benzene rings is 4. The van der Waals surface area contributed by atoms with Crippen LogP contribution in [0.1, 0.15) is 130 Å². The van der Waals surface area contributed by atoms with Crippen molar-refractivity contribution in [1.29, 1.82) is 0 Å². The lowest BCUT2D eigenvalue weighted by Gasteiger charge is -2.35. The fraction of sp³-hybridized carbons (Fsp3) is 0.500. The second-order valence-corrected chi connectivity index (χ2v) is 15.5. The number of hydrogen-bond acceptors (Lipinski definition) is 4. The summed E-state index contributed by atoms with van der Waals surface area (Å²) in [6.07, 6.45) is 3.98.